The van der Waals surface area contributed by atoms with Crippen LogP contribution in [-0.4, -0.2) is 53.4 Å². The number of rotatable bonds is 5. The number of aryl methyl sites for hydroxylation is 1. The van der Waals surface area contributed by atoms with Crippen molar-refractivity contribution in [2.24, 2.45) is 0 Å². The molecule has 138 valence electrons. The van der Waals surface area contributed by atoms with Gasteiger partial charge in [-0.05, 0) is 50.6 Å². The Bertz CT molecular complexity index is 772. The molecule has 1 aliphatic rings. The van der Waals surface area contributed by atoms with E-state index in [9.17, 15) is 9.18 Å². The summed E-state index contributed by atoms with van der Waals surface area (Å²) in [5.41, 5.74) is 1.58. The van der Waals surface area contributed by atoms with E-state index in [-0.39, 0.29) is 11.7 Å². The molecule has 0 radical (unpaired) electrons. The predicted molar refractivity (Wildman–Crippen MR) is 104 cm³/mol. The molecule has 1 aromatic carbocycles. The first-order valence-corrected chi connectivity index (χ1v) is 9.76. The van der Waals surface area contributed by atoms with Crippen molar-refractivity contribution in [2.45, 2.75) is 19.8 Å². The largest absolute Gasteiger partial charge is 0.337 e. The summed E-state index contributed by atoms with van der Waals surface area (Å²) in [6, 6.07) is 6.23. The van der Waals surface area contributed by atoms with Gasteiger partial charge in [0.2, 0.25) is 0 Å². The molecule has 2 heterocycles. The Morgan fingerprint density at radius 3 is 2.77 bits per heavy atom. The number of thiazole rings is 1. The molecule has 0 atom stereocenters. The van der Waals surface area contributed by atoms with Crippen LogP contribution in [-0.2, 0) is 0 Å². The topological polar surface area (TPSA) is 36.4 Å². The number of halogens is 1. The Hall–Kier alpha value is -2.05. The summed E-state index contributed by atoms with van der Waals surface area (Å²) in [6.45, 7) is 10.1. The molecule has 0 bridgehead atoms. The fraction of sp³-hybridized carbons (Fsp3) is 0.400. The first kappa shape index (κ1) is 18.7. The third-order valence-corrected chi connectivity index (χ3v) is 5.80. The first-order chi connectivity index (χ1) is 12.6. The van der Waals surface area contributed by atoms with Crippen LogP contribution < -0.4 is 0 Å². The molecule has 2 aromatic rings. The molecule has 0 saturated carbocycles. The normalized spacial score (nSPS) is 15.7. The van der Waals surface area contributed by atoms with Crippen molar-refractivity contribution in [3.63, 3.8) is 0 Å². The summed E-state index contributed by atoms with van der Waals surface area (Å²) in [6.07, 6.45) is 3.89. The lowest BCUT2D eigenvalue weighted by molar-refractivity contribution is 0.0765. The van der Waals surface area contributed by atoms with Gasteiger partial charge in [0, 0.05) is 31.7 Å². The van der Waals surface area contributed by atoms with Gasteiger partial charge in [-0.3, -0.25) is 4.79 Å². The zero-order valence-electron chi connectivity index (χ0n) is 15.1. The molecule has 6 heteroatoms. The van der Waals surface area contributed by atoms with Crippen molar-refractivity contribution in [2.75, 3.05) is 32.7 Å². The van der Waals surface area contributed by atoms with Crippen LogP contribution in [0.5, 0.6) is 0 Å². The highest BCUT2D eigenvalue weighted by molar-refractivity contribution is 7.17. The average molecular weight is 373 g/mol. The lowest BCUT2D eigenvalue weighted by atomic mass is 10.2. The highest BCUT2D eigenvalue weighted by atomic mass is 32.1. The lowest BCUT2D eigenvalue weighted by Crippen LogP contribution is -2.35. The fourth-order valence-corrected chi connectivity index (χ4v) is 4.17. The summed E-state index contributed by atoms with van der Waals surface area (Å²) in [5.74, 6) is -0.220. The van der Waals surface area contributed by atoms with Gasteiger partial charge in [0.15, 0.2) is 0 Å². The molecule has 0 aliphatic carbocycles. The molecule has 1 aromatic heterocycles. The van der Waals surface area contributed by atoms with Gasteiger partial charge in [-0.1, -0.05) is 6.08 Å². The fourth-order valence-electron chi connectivity index (χ4n) is 3.13. The molecular weight excluding hydrogens is 349 g/mol. The van der Waals surface area contributed by atoms with Gasteiger partial charge in [-0.2, -0.15) is 0 Å². The first-order valence-electron chi connectivity index (χ1n) is 8.94. The van der Waals surface area contributed by atoms with Crippen LogP contribution in [0.2, 0.25) is 0 Å². The van der Waals surface area contributed by atoms with Crippen molar-refractivity contribution in [3.05, 3.63) is 53.3 Å². The van der Waals surface area contributed by atoms with Crippen molar-refractivity contribution in [1.82, 2.24) is 14.8 Å². The predicted octanol–water partition coefficient (Wildman–Crippen LogP) is 3.98. The summed E-state index contributed by atoms with van der Waals surface area (Å²) in [4.78, 5) is 22.5. The zero-order valence-corrected chi connectivity index (χ0v) is 15.9. The SMILES string of the molecule is C=CCCN1CCCN(C(=O)c2sc(-c3ccc(F)cc3)nc2C)CC1. The second-order valence-electron chi connectivity index (χ2n) is 6.51. The van der Waals surface area contributed by atoms with E-state index >= 15 is 0 Å². The number of hydrogen-bond donors (Lipinski definition) is 0. The zero-order chi connectivity index (χ0) is 18.5. The number of carbonyl (C=O) groups is 1. The summed E-state index contributed by atoms with van der Waals surface area (Å²) in [7, 11) is 0. The standard InChI is InChI=1S/C20H24FN3OS/c1-3-4-10-23-11-5-12-24(14-13-23)20(25)18-15(2)22-19(26-18)16-6-8-17(21)9-7-16/h3,6-9H,1,4-5,10-14H2,2H3. The Morgan fingerprint density at radius 2 is 2.04 bits per heavy atom. The molecular formula is C20H24FN3OS. The highest BCUT2D eigenvalue weighted by Crippen LogP contribution is 2.29. The minimum Gasteiger partial charge on any atom is -0.337 e. The smallest absolute Gasteiger partial charge is 0.265 e. The van der Waals surface area contributed by atoms with E-state index in [2.05, 4.69) is 16.5 Å². The van der Waals surface area contributed by atoms with Gasteiger partial charge in [0.05, 0.1) is 5.69 Å². The second-order valence-corrected chi connectivity index (χ2v) is 7.50. The van der Waals surface area contributed by atoms with E-state index in [1.54, 1.807) is 12.1 Å². The van der Waals surface area contributed by atoms with Crippen molar-refractivity contribution < 1.29 is 9.18 Å². The number of hydrogen-bond acceptors (Lipinski definition) is 4. The summed E-state index contributed by atoms with van der Waals surface area (Å²) in [5, 5.41) is 0.758. The van der Waals surface area contributed by atoms with E-state index in [1.165, 1.54) is 23.5 Å². The van der Waals surface area contributed by atoms with Crippen LogP contribution in [0, 0.1) is 12.7 Å². The van der Waals surface area contributed by atoms with Gasteiger partial charge >= 0.3 is 0 Å². The van der Waals surface area contributed by atoms with Crippen LogP contribution in [0.15, 0.2) is 36.9 Å². The van der Waals surface area contributed by atoms with E-state index in [0.29, 0.717) is 4.88 Å². The molecule has 1 aliphatic heterocycles. The van der Waals surface area contributed by atoms with Crippen molar-refractivity contribution >= 4 is 17.2 Å². The highest BCUT2D eigenvalue weighted by Gasteiger charge is 2.24. The number of amides is 1. The van der Waals surface area contributed by atoms with E-state index in [4.69, 9.17) is 0 Å². The quantitative estimate of drug-likeness (QED) is 0.744. The van der Waals surface area contributed by atoms with E-state index < -0.39 is 0 Å². The van der Waals surface area contributed by atoms with Gasteiger partial charge < -0.3 is 9.80 Å². The number of benzene rings is 1. The van der Waals surface area contributed by atoms with Gasteiger partial charge in [0.25, 0.3) is 5.91 Å². The van der Waals surface area contributed by atoms with Gasteiger partial charge in [0.1, 0.15) is 15.7 Å². The van der Waals surface area contributed by atoms with Crippen LogP contribution in [0.1, 0.15) is 28.2 Å². The Balaban J connectivity index is 1.71. The molecule has 3 rings (SSSR count). The van der Waals surface area contributed by atoms with Gasteiger partial charge in [-0.25, -0.2) is 9.37 Å². The molecule has 0 spiro atoms. The summed E-state index contributed by atoms with van der Waals surface area (Å²) < 4.78 is 13.1. The maximum Gasteiger partial charge on any atom is 0.265 e. The van der Waals surface area contributed by atoms with Crippen molar-refractivity contribution in [1.29, 1.82) is 0 Å². The van der Waals surface area contributed by atoms with E-state index in [1.807, 2.05) is 17.9 Å². The Kier molecular flexibility index (Phi) is 6.16. The number of aromatic nitrogens is 1. The molecule has 4 nitrogen and oxygen atoms in total. The van der Waals surface area contributed by atoms with Crippen molar-refractivity contribution in [3.8, 4) is 10.6 Å². The molecule has 26 heavy (non-hydrogen) atoms. The van der Waals surface area contributed by atoms with Gasteiger partial charge in [-0.15, -0.1) is 17.9 Å². The molecule has 1 fully saturated rings. The maximum absolute atomic E-state index is 13.1. The third-order valence-electron chi connectivity index (χ3n) is 4.61. The third kappa shape index (κ3) is 4.37. The average Bonchev–Trinajstić information content (AvgIpc) is 2.88. The summed E-state index contributed by atoms with van der Waals surface area (Å²) >= 11 is 1.39. The van der Waals surface area contributed by atoms with Crippen LogP contribution in [0.4, 0.5) is 4.39 Å². The molecule has 0 unspecified atom stereocenters. The second kappa shape index (κ2) is 8.56. The Morgan fingerprint density at radius 1 is 1.27 bits per heavy atom. The monoisotopic (exact) mass is 373 g/mol. The van der Waals surface area contributed by atoms with E-state index in [0.717, 1.165) is 61.8 Å². The minimum atomic E-state index is -0.274. The van der Waals surface area contributed by atoms with Crippen LogP contribution in [0.3, 0.4) is 0 Å². The lowest BCUT2D eigenvalue weighted by Gasteiger charge is -2.21. The maximum atomic E-state index is 13.1. The van der Waals surface area contributed by atoms with Crippen LogP contribution in [0.25, 0.3) is 10.6 Å². The van der Waals surface area contributed by atoms with Crippen LogP contribution >= 0.6 is 11.3 Å². The molecule has 1 saturated heterocycles. The number of nitrogens with zero attached hydrogens (tertiary/aromatic N) is 3. The molecule has 0 N–H and O–H groups in total. The Labute approximate surface area is 158 Å². The number of carbonyl (C=O) groups excluding carboxylic acids is 1. The minimum absolute atomic E-state index is 0.0546. The molecule has 1 amide bonds.